The highest BCUT2D eigenvalue weighted by molar-refractivity contribution is 7.89. The third kappa shape index (κ3) is 6.11. The molecule has 1 N–H and O–H groups in total. The summed E-state index contributed by atoms with van der Waals surface area (Å²) in [6, 6.07) is 27.2. The third-order valence-corrected chi connectivity index (χ3v) is 8.87. The maximum atomic E-state index is 13.6. The monoisotopic (exact) mass is 549 g/mol. The Kier molecular flexibility index (Phi) is 9.94. The molecule has 2 saturated heterocycles. The fourth-order valence-electron chi connectivity index (χ4n) is 5.14. The van der Waals surface area contributed by atoms with E-state index in [0.717, 1.165) is 24.2 Å². The van der Waals surface area contributed by atoms with Crippen LogP contribution >= 0.6 is 24.8 Å². The van der Waals surface area contributed by atoms with Crippen LogP contribution in [0.1, 0.15) is 5.56 Å². The van der Waals surface area contributed by atoms with Crippen molar-refractivity contribution in [2.24, 2.45) is 0 Å². The molecule has 0 saturated carbocycles. The third-order valence-electron chi connectivity index (χ3n) is 6.92. The normalized spacial score (nSPS) is 21.5. The summed E-state index contributed by atoms with van der Waals surface area (Å²) in [5, 5.41) is 10.7. The maximum Gasteiger partial charge on any atom is 0.243 e. The Balaban J connectivity index is 0.00000180. The van der Waals surface area contributed by atoms with Crippen LogP contribution in [0.5, 0.6) is 0 Å². The van der Waals surface area contributed by atoms with Gasteiger partial charge in [0, 0.05) is 57.4 Å². The van der Waals surface area contributed by atoms with Crippen LogP contribution in [0.4, 0.5) is 0 Å². The van der Waals surface area contributed by atoms with Crippen molar-refractivity contribution in [2.45, 2.75) is 23.6 Å². The lowest BCUT2D eigenvalue weighted by Crippen LogP contribution is -2.54. The first-order valence-corrected chi connectivity index (χ1v) is 13.3. The van der Waals surface area contributed by atoms with E-state index in [2.05, 4.69) is 21.9 Å². The number of nitrogens with zero attached hydrogens (tertiary/aromatic N) is 3. The lowest BCUT2D eigenvalue weighted by Gasteiger charge is -2.38. The summed E-state index contributed by atoms with van der Waals surface area (Å²) in [4.78, 5) is 4.89. The Morgan fingerprint density at radius 1 is 0.750 bits per heavy atom. The Labute approximate surface area is 226 Å². The number of piperazine rings is 1. The molecule has 0 spiro atoms. The van der Waals surface area contributed by atoms with Crippen LogP contribution in [-0.4, -0.2) is 79.0 Å². The molecule has 36 heavy (non-hydrogen) atoms. The van der Waals surface area contributed by atoms with Crippen LogP contribution < -0.4 is 0 Å². The number of halogens is 2. The van der Waals surface area contributed by atoms with Gasteiger partial charge in [-0.15, -0.1) is 24.8 Å². The van der Waals surface area contributed by atoms with E-state index in [4.69, 9.17) is 0 Å². The zero-order valence-corrected chi connectivity index (χ0v) is 22.5. The van der Waals surface area contributed by atoms with Crippen LogP contribution in [0.2, 0.25) is 0 Å². The standard InChI is InChI=1S/C27H31N3O3S.2ClH/c31-26-21-28(19-22-9-3-1-4-10-22)20-25(26)29-15-17-30(18-16-29)34(32,33)27-14-8-7-13-24(27)23-11-5-2-6-12-23;;/h1-14,25-26,31H,15-21H2;2*1H/t25-,26-;;/m1../s1. The fraction of sp³-hybridized carbons (Fsp3) is 0.333. The summed E-state index contributed by atoms with van der Waals surface area (Å²) in [7, 11) is -3.62. The molecule has 5 rings (SSSR count). The summed E-state index contributed by atoms with van der Waals surface area (Å²) in [6.07, 6.45) is -0.425. The second kappa shape index (κ2) is 12.5. The zero-order valence-electron chi connectivity index (χ0n) is 20.0. The maximum absolute atomic E-state index is 13.6. The average Bonchev–Trinajstić information content (AvgIpc) is 3.25. The van der Waals surface area contributed by atoms with E-state index < -0.39 is 16.1 Å². The topological polar surface area (TPSA) is 64.1 Å². The van der Waals surface area contributed by atoms with Crippen molar-refractivity contribution in [3.05, 3.63) is 90.5 Å². The van der Waals surface area contributed by atoms with Gasteiger partial charge in [0.2, 0.25) is 10.0 Å². The van der Waals surface area contributed by atoms with Crippen molar-refractivity contribution >= 4 is 34.8 Å². The molecule has 0 radical (unpaired) electrons. The Morgan fingerprint density at radius 3 is 2.00 bits per heavy atom. The molecule has 9 heteroatoms. The number of aliphatic hydroxyl groups is 1. The molecule has 2 aliphatic heterocycles. The Hall–Kier alpha value is -1.97. The molecule has 2 fully saturated rings. The quantitative estimate of drug-likeness (QED) is 0.507. The smallest absolute Gasteiger partial charge is 0.243 e. The summed E-state index contributed by atoms with van der Waals surface area (Å²) in [6.45, 7) is 4.34. The van der Waals surface area contributed by atoms with Gasteiger partial charge in [-0.25, -0.2) is 8.42 Å². The lowest BCUT2D eigenvalue weighted by molar-refractivity contribution is 0.0618. The molecule has 2 heterocycles. The molecule has 0 amide bonds. The number of aliphatic hydroxyl groups excluding tert-OH is 1. The highest BCUT2D eigenvalue weighted by Crippen LogP contribution is 2.30. The molecule has 2 aliphatic rings. The zero-order chi connectivity index (χ0) is 23.5. The van der Waals surface area contributed by atoms with Gasteiger partial charge in [-0.05, 0) is 17.2 Å². The highest BCUT2D eigenvalue weighted by atomic mass is 35.5. The number of β-amino-alcohol motifs (C(OH)–C–C–N with tert-alkyl or cyclic N) is 1. The fourth-order valence-corrected chi connectivity index (χ4v) is 6.78. The minimum atomic E-state index is -3.62. The van der Waals surface area contributed by atoms with E-state index in [0.29, 0.717) is 37.6 Å². The summed E-state index contributed by atoms with van der Waals surface area (Å²) >= 11 is 0. The van der Waals surface area contributed by atoms with E-state index in [1.54, 1.807) is 16.4 Å². The van der Waals surface area contributed by atoms with Crippen molar-refractivity contribution in [1.29, 1.82) is 0 Å². The molecule has 3 aromatic carbocycles. The SMILES string of the molecule is Cl.Cl.O=S(=O)(c1ccccc1-c1ccccc1)N1CCN([C@@H]2CN(Cc3ccccc3)C[C@H]2O)CC1. The van der Waals surface area contributed by atoms with E-state index >= 15 is 0 Å². The molecular weight excluding hydrogens is 517 g/mol. The van der Waals surface area contributed by atoms with Crippen LogP contribution in [0, 0.1) is 0 Å². The first-order chi connectivity index (χ1) is 16.5. The van der Waals surface area contributed by atoms with Gasteiger partial charge in [0.1, 0.15) is 0 Å². The van der Waals surface area contributed by atoms with E-state index in [1.165, 1.54) is 5.56 Å². The second-order valence-electron chi connectivity index (χ2n) is 9.12. The van der Waals surface area contributed by atoms with Gasteiger partial charge in [-0.3, -0.25) is 9.80 Å². The van der Waals surface area contributed by atoms with Gasteiger partial charge >= 0.3 is 0 Å². The summed E-state index contributed by atoms with van der Waals surface area (Å²) < 4.78 is 28.7. The Morgan fingerprint density at radius 2 is 1.33 bits per heavy atom. The van der Waals surface area contributed by atoms with Crippen molar-refractivity contribution in [2.75, 3.05) is 39.3 Å². The van der Waals surface area contributed by atoms with Crippen molar-refractivity contribution in [3.8, 4) is 11.1 Å². The van der Waals surface area contributed by atoms with Crippen molar-refractivity contribution in [3.63, 3.8) is 0 Å². The highest BCUT2D eigenvalue weighted by Gasteiger charge is 2.38. The van der Waals surface area contributed by atoms with Crippen LogP contribution in [0.15, 0.2) is 89.8 Å². The largest absolute Gasteiger partial charge is 0.390 e. The number of hydrogen-bond donors (Lipinski definition) is 1. The van der Waals surface area contributed by atoms with Crippen LogP contribution in [0.25, 0.3) is 11.1 Å². The molecule has 194 valence electrons. The molecule has 0 aliphatic carbocycles. The predicted molar refractivity (Wildman–Crippen MR) is 148 cm³/mol. The summed E-state index contributed by atoms with van der Waals surface area (Å²) in [5.74, 6) is 0. The number of sulfonamides is 1. The van der Waals surface area contributed by atoms with Gasteiger partial charge in [-0.1, -0.05) is 78.9 Å². The second-order valence-corrected chi connectivity index (χ2v) is 11.0. The molecule has 0 aromatic heterocycles. The van der Waals surface area contributed by atoms with Gasteiger partial charge in [0.05, 0.1) is 11.0 Å². The van der Waals surface area contributed by atoms with Gasteiger partial charge in [-0.2, -0.15) is 4.31 Å². The molecule has 3 aromatic rings. The molecule has 6 nitrogen and oxygen atoms in total. The van der Waals surface area contributed by atoms with Crippen molar-refractivity contribution in [1.82, 2.24) is 14.1 Å². The van der Waals surface area contributed by atoms with E-state index in [9.17, 15) is 13.5 Å². The van der Waals surface area contributed by atoms with Gasteiger partial charge in [0.25, 0.3) is 0 Å². The number of hydrogen-bond acceptors (Lipinski definition) is 5. The molecule has 0 unspecified atom stereocenters. The van der Waals surface area contributed by atoms with Gasteiger partial charge in [0.15, 0.2) is 0 Å². The minimum absolute atomic E-state index is 0. The number of likely N-dealkylation sites (tertiary alicyclic amines) is 1. The first kappa shape index (κ1) is 28.6. The number of rotatable bonds is 6. The van der Waals surface area contributed by atoms with Crippen LogP contribution in [-0.2, 0) is 16.6 Å². The molecule has 0 bridgehead atoms. The molecular formula is C27H33Cl2N3O3S. The number of benzene rings is 3. The van der Waals surface area contributed by atoms with E-state index in [-0.39, 0.29) is 30.9 Å². The molecule has 2 atom stereocenters. The Bertz CT molecular complexity index is 1210. The average molecular weight is 551 g/mol. The minimum Gasteiger partial charge on any atom is -0.390 e. The van der Waals surface area contributed by atoms with E-state index in [1.807, 2.05) is 60.7 Å². The predicted octanol–water partition coefficient (Wildman–Crippen LogP) is 3.75. The first-order valence-electron chi connectivity index (χ1n) is 11.9. The lowest BCUT2D eigenvalue weighted by atomic mass is 10.1. The van der Waals surface area contributed by atoms with Crippen LogP contribution in [0.3, 0.4) is 0 Å². The summed E-state index contributed by atoms with van der Waals surface area (Å²) in [5.41, 5.74) is 2.87. The van der Waals surface area contributed by atoms with Crippen molar-refractivity contribution < 1.29 is 13.5 Å². The van der Waals surface area contributed by atoms with Gasteiger partial charge < -0.3 is 5.11 Å².